The summed E-state index contributed by atoms with van der Waals surface area (Å²) in [5, 5.41) is 3.44. The van der Waals surface area contributed by atoms with E-state index in [0.717, 1.165) is 12.8 Å². The highest BCUT2D eigenvalue weighted by atomic mass is 16.5. The van der Waals surface area contributed by atoms with Gasteiger partial charge in [0, 0.05) is 6.04 Å². The highest BCUT2D eigenvalue weighted by Crippen LogP contribution is 2.24. The van der Waals surface area contributed by atoms with Gasteiger partial charge in [-0.15, -0.1) is 0 Å². The Kier molecular flexibility index (Phi) is 3.53. The number of morpholine rings is 1. The number of carbonyl (C=O) groups excluding carboxylic acids is 1. The molecule has 1 rings (SSSR count). The number of nitrogens with one attached hydrogen (secondary N) is 1. The Morgan fingerprint density at radius 2 is 2.07 bits per heavy atom. The van der Waals surface area contributed by atoms with Crippen LogP contribution in [-0.2, 0) is 9.53 Å². The van der Waals surface area contributed by atoms with Crippen molar-refractivity contribution in [1.82, 2.24) is 5.32 Å². The van der Waals surface area contributed by atoms with Crippen LogP contribution in [0.3, 0.4) is 0 Å². The van der Waals surface area contributed by atoms with Crippen molar-refractivity contribution < 1.29 is 9.53 Å². The minimum atomic E-state index is -0.437. The summed E-state index contributed by atoms with van der Waals surface area (Å²) in [5.74, 6) is 0.417. The molecule has 1 aliphatic heterocycles. The number of hydrogen-bond acceptors (Lipinski definition) is 3. The van der Waals surface area contributed by atoms with Gasteiger partial charge in [-0.1, -0.05) is 27.7 Å². The highest BCUT2D eigenvalue weighted by molar-refractivity contribution is 5.81. The Labute approximate surface area is 86.2 Å². The van der Waals surface area contributed by atoms with E-state index in [1.165, 1.54) is 0 Å². The van der Waals surface area contributed by atoms with Gasteiger partial charge in [0.05, 0.1) is 0 Å². The number of cyclic esters (lactones) is 1. The Balaban J connectivity index is 2.77. The largest absolute Gasteiger partial charge is 0.463 e. The SMILES string of the molecule is CCC1(CC)N[C@@H](C(C)C)COC1=O. The molecule has 1 atom stereocenters. The fraction of sp³-hybridized carbons (Fsp3) is 0.909. The third-order valence-electron chi connectivity index (χ3n) is 3.26. The van der Waals surface area contributed by atoms with Gasteiger partial charge >= 0.3 is 5.97 Å². The molecule has 1 saturated heterocycles. The molecule has 0 aromatic heterocycles. The molecule has 3 heteroatoms. The van der Waals surface area contributed by atoms with Crippen LogP contribution in [0.2, 0.25) is 0 Å². The monoisotopic (exact) mass is 199 g/mol. The van der Waals surface area contributed by atoms with Crippen molar-refractivity contribution >= 4 is 5.97 Å². The second-order valence-electron chi connectivity index (χ2n) is 4.38. The van der Waals surface area contributed by atoms with Gasteiger partial charge in [-0.2, -0.15) is 0 Å². The maximum atomic E-state index is 11.7. The van der Waals surface area contributed by atoms with E-state index in [9.17, 15) is 4.79 Å². The van der Waals surface area contributed by atoms with Crippen LogP contribution >= 0.6 is 0 Å². The Morgan fingerprint density at radius 3 is 2.50 bits per heavy atom. The number of ether oxygens (including phenoxy) is 1. The van der Waals surface area contributed by atoms with Crippen LogP contribution in [-0.4, -0.2) is 24.2 Å². The summed E-state index contributed by atoms with van der Waals surface area (Å²) < 4.78 is 5.25. The molecule has 1 fully saturated rings. The molecule has 14 heavy (non-hydrogen) atoms. The second kappa shape index (κ2) is 4.30. The standard InChI is InChI=1S/C11H21NO2/c1-5-11(6-2)10(13)14-7-9(12-11)8(3)4/h8-9,12H,5-7H2,1-4H3/t9-/m1/s1. The van der Waals surface area contributed by atoms with Gasteiger partial charge in [0.25, 0.3) is 0 Å². The van der Waals surface area contributed by atoms with Crippen molar-refractivity contribution in [3.63, 3.8) is 0 Å². The predicted molar refractivity (Wildman–Crippen MR) is 56.0 cm³/mol. The van der Waals surface area contributed by atoms with E-state index < -0.39 is 5.54 Å². The van der Waals surface area contributed by atoms with Gasteiger partial charge in [0.15, 0.2) is 0 Å². The van der Waals surface area contributed by atoms with Crippen molar-refractivity contribution in [2.24, 2.45) is 5.92 Å². The summed E-state index contributed by atoms with van der Waals surface area (Å²) in [6, 6.07) is 0.299. The molecule has 0 amide bonds. The lowest BCUT2D eigenvalue weighted by Gasteiger charge is -2.40. The molecule has 1 heterocycles. The van der Waals surface area contributed by atoms with E-state index in [-0.39, 0.29) is 5.97 Å². The van der Waals surface area contributed by atoms with Crippen LogP contribution in [0.15, 0.2) is 0 Å². The first kappa shape index (κ1) is 11.5. The smallest absolute Gasteiger partial charge is 0.326 e. The van der Waals surface area contributed by atoms with E-state index in [4.69, 9.17) is 4.74 Å². The molecule has 0 aromatic carbocycles. The van der Waals surface area contributed by atoms with Crippen molar-refractivity contribution in [3.05, 3.63) is 0 Å². The lowest BCUT2D eigenvalue weighted by atomic mass is 9.88. The number of rotatable bonds is 3. The zero-order valence-electron chi connectivity index (χ0n) is 9.59. The summed E-state index contributed by atoms with van der Waals surface area (Å²) in [5.41, 5.74) is -0.437. The average Bonchev–Trinajstić information content (AvgIpc) is 2.19. The zero-order chi connectivity index (χ0) is 10.8. The molecule has 3 nitrogen and oxygen atoms in total. The fourth-order valence-corrected chi connectivity index (χ4v) is 1.86. The van der Waals surface area contributed by atoms with Crippen LogP contribution in [0.4, 0.5) is 0 Å². The van der Waals surface area contributed by atoms with E-state index in [1.54, 1.807) is 0 Å². The van der Waals surface area contributed by atoms with E-state index in [2.05, 4.69) is 19.2 Å². The average molecular weight is 199 g/mol. The molecule has 82 valence electrons. The van der Waals surface area contributed by atoms with E-state index in [1.807, 2.05) is 13.8 Å². The summed E-state index contributed by atoms with van der Waals surface area (Å²) >= 11 is 0. The van der Waals surface area contributed by atoms with E-state index >= 15 is 0 Å². The Bertz CT molecular complexity index is 209. The third kappa shape index (κ3) is 1.92. The number of esters is 1. The van der Waals surface area contributed by atoms with Crippen LogP contribution in [0, 0.1) is 5.92 Å². The molecule has 0 aromatic rings. The van der Waals surface area contributed by atoms with Crippen LogP contribution in [0.1, 0.15) is 40.5 Å². The first-order chi connectivity index (χ1) is 6.55. The Hall–Kier alpha value is -0.570. The molecule has 0 saturated carbocycles. The van der Waals surface area contributed by atoms with Gasteiger partial charge in [-0.3, -0.25) is 10.1 Å². The van der Waals surface area contributed by atoms with E-state index in [0.29, 0.717) is 18.6 Å². The quantitative estimate of drug-likeness (QED) is 0.703. The van der Waals surface area contributed by atoms with Gasteiger partial charge in [0.2, 0.25) is 0 Å². The normalized spacial score (nSPS) is 26.4. The van der Waals surface area contributed by atoms with Gasteiger partial charge in [-0.25, -0.2) is 0 Å². The highest BCUT2D eigenvalue weighted by Gasteiger charge is 2.42. The molecule has 0 bridgehead atoms. The number of carbonyl (C=O) groups is 1. The molecule has 1 aliphatic rings. The maximum absolute atomic E-state index is 11.7. The van der Waals surface area contributed by atoms with Gasteiger partial charge < -0.3 is 4.74 Å². The van der Waals surface area contributed by atoms with Crippen molar-refractivity contribution in [3.8, 4) is 0 Å². The lowest BCUT2D eigenvalue weighted by molar-refractivity contribution is -0.160. The molecule has 0 aliphatic carbocycles. The van der Waals surface area contributed by atoms with Crippen molar-refractivity contribution in [1.29, 1.82) is 0 Å². The molecular weight excluding hydrogens is 178 g/mol. The molecule has 0 radical (unpaired) electrons. The van der Waals surface area contributed by atoms with Crippen LogP contribution in [0.25, 0.3) is 0 Å². The summed E-state index contributed by atoms with van der Waals surface area (Å²) in [7, 11) is 0. The van der Waals surface area contributed by atoms with Crippen molar-refractivity contribution in [2.45, 2.75) is 52.1 Å². The Morgan fingerprint density at radius 1 is 1.50 bits per heavy atom. The minimum absolute atomic E-state index is 0.0839. The first-order valence-corrected chi connectivity index (χ1v) is 5.50. The minimum Gasteiger partial charge on any atom is -0.463 e. The van der Waals surface area contributed by atoms with Crippen molar-refractivity contribution in [2.75, 3.05) is 6.61 Å². The third-order valence-corrected chi connectivity index (χ3v) is 3.26. The zero-order valence-corrected chi connectivity index (χ0v) is 9.59. The lowest BCUT2D eigenvalue weighted by Crippen LogP contribution is -2.62. The summed E-state index contributed by atoms with van der Waals surface area (Å²) in [6.45, 7) is 8.86. The van der Waals surface area contributed by atoms with Crippen LogP contribution in [0.5, 0.6) is 0 Å². The summed E-state index contributed by atoms with van der Waals surface area (Å²) in [6.07, 6.45) is 1.59. The molecule has 1 N–H and O–H groups in total. The molecular formula is C11H21NO2. The van der Waals surface area contributed by atoms with Gasteiger partial charge in [-0.05, 0) is 18.8 Å². The molecule has 0 unspecified atom stereocenters. The first-order valence-electron chi connectivity index (χ1n) is 5.50. The van der Waals surface area contributed by atoms with Crippen LogP contribution < -0.4 is 5.32 Å². The number of hydrogen-bond donors (Lipinski definition) is 1. The topological polar surface area (TPSA) is 38.3 Å². The second-order valence-corrected chi connectivity index (χ2v) is 4.38. The molecule has 0 spiro atoms. The fourth-order valence-electron chi connectivity index (χ4n) is 1.86. The predicted octanol–water partition coefficient (Wildman–Crippen LogP) is 1.72. The van der Waals surface area contributed by atoms with Gasteiger partial charge in [0.1, 0.15) is 12.1 Å². The summed E-state index contributed by atoms with van der Waals surface area (Å²) in [4.78, 5) is 11.7. The maximum Gasteiger partial charge on any atom is 0.326 e.